The molecule has 1 aromatic carbocycles. The van der Waals surface area contributed by atoms with Crippen molar-refractivity contribution in [2.24, 2.45) is 12.2 Å². The first-order valence-corrected chi connectivity index (χ1v) is 7.47. The second-order valence-electron chi connectivity index (χ2n) is 4.57. The van der Waals surface area contributed by atoms with Crippen LogP contribution in [0.3, 0.4) is 0 Å². The summed E-state index contributed by atoms with van der Waals surface area (Å²) in [6.07, 6.45) is 1.83. The first-order valence-electron chi connectivity index (χ1n) is 5.92. The molecular weight excluding hydrogens is 278 g/mol. The van der Waals surface area contributed by atoms with E-state index in [0.717, 1.165) is 5.69 Å². The molecule has 20 heavy (non-hydrogen) atoms. The molecule has 0 spiro atoms. The first-order chi connectivity index (χ1) is 9.27. The summed E-state index contributed by atoms with van der Waals surface area (Å²) in [5, 5.41) is 12.5. The molecule has 2 rings (SSSR count). The Morgan fingerprint density at radius 1 is 1.40 bits per heavy atom. The fourth-order valence-corrected chi connectivity index (χ4v) is 2.77. The van der Waals surface area contributed by atoms with Gasteiger partial charge in [0, 0.05) is 24.6 Å². The number of aromatic nitrogens is 2. The Kier molecular flexibility index (Phi) is 3.69. The van der Waals surface area contributed by atoms with Crippen molar-refractivity contribution in [2.75, 3.05) is 11.1 Å². The minimum atomic E-state index is -3.80. The summed E-state index contributed by atoms with van der Waals surface area (Å²) >= 11 is 0. The Morgan fingerprint density at radius 2 is 2.10 bits per heavy atom. The lowest BCUT2D eigenvalue weighted by Crippen LogP contribution is -2.15. The zero-order valence-corrected chi connectivity index (χ0v) is 12.1. The molecule has 0 aliphatic carbocycles. The van der Waals surface area contributed by atoms with E-state index >= 15 is 0 Å². The molecule has 108 valence electrons. The SMILES string of the molecule is Cc1c(NCc2ccn(C)n2)cc(N)cc1S(N)(=O)=O. The highest BCUT2D eigenvalue weighted by Gasteiger charge is 2.15. The Labute approximate surface area is 117 Å². The number of hydrogen-bond donors (Lipinski definition) is 3. The first kappa shape index (κ1) is 14.4. The summed E-state index contributed by atoms with van der Waals surface area (Å²) in [5.74, 6) is 0. The van der Waals surface area contributed by atoms with E-state index in [4.69, 9.17) is 10.9 Å². The van der Waals surface area contributed by atoms with Crippen molar-refractivity contribution in [3.05, 3.63) is 35.7 Å². The van der Waals surface area contributed by atoms with Gasteiger partial charge in [-0.15, -0.1) is 0 Å². The number of nitrogens with one attached hydrogen (secondary N) is 1. The van der Waals surface area contributed by atoms with Gasteiger partial charge in [0.1, 0.15) is 0 Å². The van der Waals surface area contributed by atoms with E-state index in [1.165, 1.54) is 6.07 Å². The minimum Gasteiger partial charge on any atom is -0.399 e. The molecule has 0 unspecified atom stereocenters. The minimum absolute atomic E-state index is 0.0287. The largest absolute Gasteiger partial charge is 0.399 e. The second kappa shape index (κ2) is 5.14. The predicted octanol–water partition coefficient (Wildman–Crippen LogP) is 0.570. The third kappa shape index (κ3) is 3.09. The highest BCUT2D eigenvalue weighted by molar-refractivity contribution is 7.89. The standard InChI is InChI=1S/C12H17N5O2S/c1-8-11(15-7-10-3-4-17(2)16-10)5-9(13)6-12(8)20(14,18)19/h3-6,15H,7,13H2,1-2H3,(H2,14,18,19). The van der Waals surface area contributed by atoms with Crippen LogP contribution in [0.25, 0.3) is 0 Å². The molecule has 1 heterocycles. The van der Waals surface area contributed by atoms with Crippen LogP contribution in [0.1, 0.15) is 11.3 Å². The number of hydrogen-bond acceptors (Lipinski definition) is 5. The normalized spacial score (nSPS) is 11.6. The molecule has 1 aromatic heterocycles. The van der Waals surface area contributed by atoms with E-state index < -0.39 is 10.0 Å². The number of aryl methyl sites for hydroxylation is 1. The van der Waals surface area contributed by atoms with Crippen LogP contribution in [0.4, 0.5) is 11.4 Å². The van der Waals surface area contributed by atoms with Crippen molar-refractivity contribution in [1.29, 1.82) is 0 Å². The Balaban J connectivity index is 2.30. The highest BCUT2D eigenvalue weighted by Crippen LogP contribution is 2.26. The number of anilines is 2. The summed E-state index contributed by atoms with van der Waals surface area (Å²) in [6.45, 7) is 2.15. The number of rotatable bonds is 4. The molecule has 8 heteroatoms. The number of benzene rings is 1. The fraction of sp³-hybridized carbons (Fsp3) is 0.250. The summed E-state index contributed by atoms with van der Waals surface area (Å²) < 4.78 is 24.7. The van der Waals surface area contributed by atoms with Crippen molar-refractivity contribution in [3.8, 4) is 0 Å². The maximum absolute atomic E-state index is 11.5. The topological polar surface area (TPSA) is 116 Å². The van der Waals surface area contributed by atoms with Gasteiger partial charge in [0.25, 0.3) is 0 Å². The molecule has 5 N–H and O–H groups in total. The van der Waals surface area contributed by atoms with Crippen LogP contribution in [0.2, 0.25) is 0 Å². The van der Waals surface area contributed by atoms with Crippen LogP contribution in [-0.4, -0.2) is 18.2 Å². The van der Waals surface area contributed by atoms with E-state index in [2.05, 4.69) is 10.4 Å². The summed E-state index contributed by atoms with van der Waals surface area (Å²) in [7, 11) is -1.97. The van der Waals surface area contributed by atoms with E-state index in [-0.39, 0.29) is 4.90 Å². The van der Waals surface area contributed by atoms with Crippen molar-refractivity contribution >= 4 is 21.4 Å². The molecule has 0 bridgehead atoms. The predicted molar refractivity (Wildman–Crippen MR) is 77.5 cm³/mol. The smallest absolute Gasteiger partial charge is 0.238 e. The average Bonchev–Trinajstić information content (AvgIpc) is 2.74. The molecule has 0 radical (unpaired) electrons. The lowest BCUT2D eigenvalue weighted by atomic mass is 10.1. The molecule has 0 amide bonds. The van der Waals surface area contributed by atoms with Gasteiger partial charge in [-0.2, -0.15) is 5.10 Å². The van der Waals surface area contributed by atoms with Gasteiger partial charge >= 0.3 is 0 Å². The van der Waals surface area contributed by atoms with Crippen LogP contribution >= 0.6 is 0 Å². The molecule has 2 aromatic rings. The van der Waals surface area contributed by atoms with Crippen molar-refractivity contribution in [3.63, 3.8) is 0 Å². The van der Waals surface area contributed by atoms with Gasteiger partial charge in [0.05, 0.1) is 17.1 Å². The Hall–Kier alpha value is -2.06. The van der Waals surface area contributed by atoms with Crippen LogP contribution in [0, 0.1) is 6.92 Å². The summed E-state index contributed by atoms with van der Waals surface area (Å²) in [6, 6.07) is 4.90. The van der Waals surface area contributed by atoms with E-state index in [9.17, 15) is 8.42 Å². The molecule has 0 aliphatic heterocycles. The quantitative estimate of drug-likeness (QED) is 0.713. The number of nitrogens with zero attached hydrogens (tertiary/aromatic N) is 2. The van der Waals surface area contributed by atoms with E-state index in [1.54, 1.807) is 17.7 Å². The van der Waals surface area contributed by atoms with Gasteiger partial charge in [-0.1, -0.05) is 0 Å². The van der Waals surface area contributed by atoms with Gasteiger partial charge in [-0.25, -0.2) is 13.6 Å². The van der Waals surface area contributed by atoms with Crippen LogP contribution < -0.4 is 16.2 Å². The number of sulfonamides is 1. The molecular formula is C12H17N5O2S. The van der Waals surface area contributed by atoms with Crippen molar-refractivity contribution in [2.45, 2.75) is 18.4 Å². The molecule has 0 saturated carbocycles. The Morgan fingerprint density at radius 3 is 2.65 bits per heavy atom. The van der Waals surface area contributed by atoms with Crippen molar-refractivity contribution < 1.29 is 8.42 Å². The maximum atomic E-state index is 11.5. The molecule has 0 saturated heterocycles. The summed E-state index contributed by atoms with van der Waals surface area (Å²) in [4.78, 5) is 0.0287. The van der Waals surface area contributed by atoms with Gasteiger partial charge in [0.2, 0.25) is 10.0 Å². The maximum Gasteiger partial charge on any atom is 0.238 e. The number of nitrogens with two attached hydrogens (primary N) is 2. The molecule has 0 aliphatic rings. The average molecular weight is 295 g/mol. The summed E-state index contributed by atoms with van der Waals surface area (Å²) in [5.41, 5.74) is 8.06. The monoisotopic (exact) mass is 295 g/mol. The third-order valence-corrected chi connectivity index (χ3v) is 3.95. The molecule has 0 atom stereocenters. The van der Waals surface area contributed by atoms with Gasteiger partial charge in [0.15, 0.2) is 0 Å². The van der Waals surface area contributed by atoms with Crippen LogP contribution in [-0.2, 0) is 23.6 Å². The van der Waals surface area contributed by atoms with Gasteiger partial charge in [-0.05, 0) is 30.7 Å². The zero-order chi connectivity index (χ0) is 14.9. The lowest BCUT2D eigenvalue weighted by molar-refractivity contribution is 0.597. The lowest BCUT2D eigenvalue weighted by Gasteiger charge is -2.13. The number of nitrogen functional groups attached to an aromatic ring is 1. The fourth-order valence-electron chi connectivity index (χ4n) is 1.93. The highest BCUT2D eigenvalue weighted by atomic mass is 32.2. The molecule has 0 fully saturated rings. The van der Waals surface area contributed by atoms with Gasteiger partial charge < -0.3 is 11.1 Å². The molecule has 7 nitrogen and oxygen atoms in total. The van der Waals surface area contributed by atoms with Crippen LogP contribution in [0.15, 0.2) is 29.3 Å². The Bertz CT molecular complexity index is 736. The third-order valence-electron chi connectivity index (χ3n) is 2.92. The van der Waals surface area contributed by atoms with Crippen molar-refractivity contribution in [1.82, 2.24) is 9.78 Å². The number of primary sulfonamides is 1. The zero-order valence-electron chi connectivity index (χ0n) is 11.3. The van der Waals surface area contributed by atoms with Gasteiger partial charge in [-0.3, -0.25) is 4.68 Å². The van der Waals surface area contributed by atoms with E-state index in [0.29, 0.717) is 23.5 Å². The van der Waals surface area contributed by atoms with Crippen LogP contribution in [0.5, 0.6) is 0 Å². The van der Waals surface area contributed by atoms with E-state index in [1.807, 2.05) is 19.3 Å². The second-order valence-corrected chi connectivity index (χ2v) is 6.10.